The zero-order chi connectivity index (χ0) is 14.3. The molecule has 2 amide bonds. The molecular weight excluding hydrogens is 248 g/mol. The number of nitrogens with one attached hydrogen (secondary N) is 2. The Hall–Kier alpha value is -1.14. The summed E-state index contributed by atoms with van der Waals surface area (Å²) in [6.45, 7) is 6.50. The summed E-state index contributed by atoms with van der Waals surface area (Å²) in [5.74, 6) is -0.153. The van der Waals surface area contributed by atoms with Gasteiger partial charge in [0.15, 0.2) is 0 Å². The molecule has 0 rings (SSSR count). The molecule has 0 heterocycles. The molecule has 2 N–H and O–H groups in total. The molecule has 0 aliphatic rings. The molecule has 6 nitrogen and oxygen atoms in total. The van der Waals surface area contributed by atoms with Gasteiger partial charge in [0.05, 0.1) is 13.2 Å². The van der Waals surface area contributed by atoms with Crippen LogP contribution in [-0.2, 0) is 19.1 Å². The lowest BCUT2D eigenvalue weighted by Gasteiger charge is -2.07. The fraction of sp³-hybridized carbons (Fsp3) is 0.846. The zero-order valence-corrected chi connectivity index (χ0v) is 12.0. The third-order valence-corrected chi connectivity index (χ3v) is 2.29. The van der Waals surface area contributed by atoms with Gasteiger partial charge in [-0.05, 0) is 13.3 Å². The Morgan fingerprint density at radius 2 is 1.74 bits per heavy atom. The SMILES string of the molecule is CCCCOCC(=O)NCCOCCC(=O)NCC. The number of amides is 2. The van der Waals surface area contributed by atoms with E-state index in [1.807, 2.05) is 6.92 Å². The summed E-state index contributed by atoms with van der Waals surface area (Å²) in [5, 5.41) is 5.37. The number of unbranched alkanes of at least 4 members (excludes halogenated alkanes) is 1. The fourth-order valence-corrected chi connectivity index (χ4v) is 1.28. The van der Waals surface area contributed by atoms with E-state index in [1.165, 1.54) is 0 Å². The summed E-state index contributed by atoms with van der Waals surface area (Å²) in [4.78, 5) is 22.4. The molecule has 112 valence electrons. The summed E-state index contributed by atoms with van der Waals surface area (Å²) < 4.78 is 10.4. The maximum Gasteiger partial charge on any atom is 0.246 e. The van der Waals surface area contributed by atoms with Crippen LogP contribution in [0.3, 0.4) is 0 Å². The van der Waals surface area contributed by atoms with Crippen molar-refractivity contribution in [1.82, 2.24) is 10.6 Å². The first-order valence-electron chi connectivity index (χ1n) is 6.89. The minimum atomic E-state index is -0.136. The van der Waals surface area contributed by atoms with Crippen molar-refractivity contribution in [2.24, 2.45) is 0 Å². The molecule has 0 spiro atoms. The van der Waals surface area contributed by atoms with Gasteiger partial charge in [-0.15, -0.1) is 0 Å². The third-order valence-electron chi connectivity index (χ3n) is 2.29. The Kier molecular flexibility index (Phi) is 12.5. The molecule has 0 aromatic heterocycles. The Morgan fingerprint density at radius 1 is 0.947 bits per heavy atom. The van der Waals surface area contributed by atoms with E-state index in [-0.39, 0.29) is 18.4 Å². The molecule has 0 radical (unpaired) electrons. The highest BCUT2D eigenvalue weighted by molar-refractivity contribution is 5.77. The summed E-state index contributed by atoms with van der Waals surface area (Å²) in [6.07, 6.45) is 2.37. The maximum absolute atomic E-state index is 11.3. The number of hydrogen-bond donors (Lipinski definition) is 2. The molecule has 0 aliphatic heterocycles. The second-order valence-corrected chi connectivity index (χ2v) is 4.07. The van der Waals surface area contributed by atoms with Crippen molar-refractivity contribution >= 4 is 11.8 Å². The van der Waals surface area contributed by atoms with Gasteiger partial charge in [-0.2, -0.15) is 0 Å². The van der Waals surface area contributed by atoms with Crippen molar-refractivity contribution in [3.8, 4) is 0 Å². The number of rotatable bonds is 12. The molecule has 0 aromatic carbocycles. The van der Waals surface area contributed by atoms with Gasteiger partial charge < -0.3 is 20.1 Å². The quantitative estimate of drug-likeness (QED) is 0.507. The first-order chi connectivity index (χ1) is 9.20. The third kappa shape index (κ3) is 13.1. The lowest BCUT2D eigenvalue weighted by molar-refractivity contribution is -0.126. The van der Waals surface area contributed by atoms with E-state index >= 15 is 0 Å². The second-order valence-electron chi connectivity index (χ2n) is 4.07. The van der Waals surface area contributed by atoms with Crippen molar-refractivity contribution in [1.29, 1.82) is 0 Å². The van der Waals surface area contributed by atoms with Gasteiger partial charge in [-0.3, -0.25) is 9.59 Å². The van der Waals surface area contributed by atoms with Crippen LogP contribution in [-0.4, -0.2) is 51.3 Å². The van der Waals surface area contributed by atoms with Crippen molar-refractivity contribution in [2.45, 2.75) is 33.1 Å². The van der Waals surface area contributed by atoms with Gasteiger partial charge in [0, 0.05) is 26.1 Å². The normalized spacial score (nSPS) is 10.2. The van der Waals surface area contributed by atoms with E-state index in [0.717, 1.165) is 12.8 Å². The lowest BCUT2D eigenvalue weighted by atomic mass is 10.4. The van der Waals surface area contributed by atoms with Crippen LogP contribution in [0.4, 0.5) is 0 Å². The smallest absolute Gasteiger partial charge is 0.246 e. The van der Waals surface area contributed by atoms with Gasteiger partial charge in [0.1, 0.15) is 6.61 Å². The van der Waals surface area contributed by atoms with Crippen molar-refractivity contribution in [2.75, 3.05) is 39.5 Å². The van der Waals surface area contributed by atoms with E-state index < -0.39 is 0 Å². The molecular formula is C13H26N2O4. The summed E-state index contributed by atoms with van der Waals surface area (Å²) in [7, 11) is 0. The molecule has 0 aromatic rings. The van der Waals surface area contributed by atoms with Crippen LogP contribution >= 0.6 is 0 Å². The number of carbonyl (C=O) groups is 2. The van der Waals surface area contributed by atoms with Crippen LogP contribution in [0.15, 0.2) is 0 Å². The molecule has 0 saturated carbocycles. The van der Waals surface area contributed by atoms with Crippen LogP contribution in [0.2, 0.25) is 0 Å². The first-order valence-corrected chi connectivity index (χ1v) is 6.89. The first kappa shape index (κ1) is 17.9. The highest BCUT2D eigenvalue weighted by Crippen LogP contribution is 1.87. The topological polar surface area (TPSA) is 76.7 Å². The van der Waals surface area contributed by atoms with Gasteiger partial charge in [-0.25, -0.2) is 0 Å². The Bertz CT molecular complexity index is 247. The Labute approximate surface area is 115 Å². The largest absolute Gasteiger partial charge is 0.379 e. The van der Waals surface area contributed by atoms with Gasteiger partial charge in [0.25, 0.3) is 0 Å². The average Bonchev–Trinajstić information content (AvgIpc) is 2.39. The van der Waals surface area contributed by atoms with E-state index in [0.29, 0.717) is 39.3 Å². The standard InChI is InChI=1S/C13H26N2O4/c1-3-5-8-19-11-13(17)15-7-10-18-9-6-12(16)14-4-2/h3-11H2,1-2H3,(H,14,16)(H,15,17). The van der Waals surface area contributed by atoms with Crippen LogP contribution < -0.4 is 10.6 Å². The highest BCUT2D eigenvalue weighted by Gasteiger charge is 2.01. The number of hydrogen-bond acceptors (Lipinski definition) is 4. The molecule has 0 atom stereocenters. The minimum Gasteiger partial charge on any atom is -0.379 e. The molecule has 6 heteroatoms. The predicted octanol–water partition coefficient (Wildman–Crippen LogP) is 0.462. The van der Waals surface area contributed by atoms with Crippen molar-refractivity contribution in [3.05, 3.63) is 0 Å². The molecule has 0 unspecified atom stereocenters. The fourth-order valence-electron chi connectivity index (χ4n) is 1.28. The average molecular weight is 274 g/mol. The second kappa shape index (κ2) is 13.3. The molecule has 0 bridgehead atoms. The predicted molar refractivity (Wildman–Crippen MR) is 72.9 cm³/mol. The van der Waals surface area contributed by atoms with Crippen LogP contribution in [0.1, 0.15) is 33.1 Å². The molecule has 0 saturated heterocycles. The van der Waals surface area contributed by atoms with Crippen LogP contribution in [0, 0.1) is 0 Å². The summed E-state index contributed by atoms with van der Waals surface area (Å²) >= 11 is 0. The van der Waals surface area contributed by atoms with Gasteiger partial charge in [-0.1, -0.05) is 13.3 Å². The molecule has 0 fully saturated rings. The highest BCUT2D eigenvalue weighted by atomic mass is 16.5. The van der Waals surface area contributed by atoms with E-state index in [9.17, 15) is 9.59 Å². The Morgan fingerprint density at radius 3 is 2.42 bits per heavy atom. The lowest BCUT2D eigenvalue weighted by Crippen LogP contribution is -2.31. The summed E-state index contributed by atoms with van der Waals surface area (Å²) in [5.41, 5.74) is 0. The van der Waals surface area contributed by atoms with Gasteiger partial charge >= 0.3 is 0 Å². The van der Waals surface area contributed by atoms with Crippen molar-refractivity contribution < 1.29 is 19.1 Å². The Balaban J connectivity index is 3.25. The van der Waals surface area contributed by atoms with Crippen LogP contribution in [0.25, 0.3) is 0 Å². The number of ether oxygens (including phenoxy) is 2. The molecule has 19 heavy (non-hydrogen) atoms. The van der Waals surface area contributed by atoms with E-state index in [1.54, 1.807) is 0 Å². The molecule has 0 aliphatic carbocycles. The van der Waals surface area contributed by atoms with E-state index in [4.69, 9.17) is 9.47 Å². The zero-order valence-electron chi connectivity index (χ0n) is 12.0. The van der Waals surface area contributed by atoms with Gasteiger partial charge in [0.2, 0.25) is 11.8 Å². The summed E-state index contributed by atoms with van der Waals surface area (Å²) in [6, 6.07) is 0. The van der Waals surface area contributed by atoms with E-state index in [2.05, 4.69) is 17.6 Å². The number of carbonyl (C=O) groups excluding carboxylic acids is 2. The van der Waals surface area contributed by atoms with Crippen LogP contribution in [0.5, 0.6) is 0 Å². The monoisotopic (exact) mass is 274 g/mol. The maximum atomic E-state index is 11.3. The van der Waals surface area contributed by atoms with Crippen molar-refractivity contribution in [3.63, 3.8) is 0 Å². The minimum absolute atomic E-state index is 0.0177.